The average molecular weight is 370 g/mol. The van der Waals surface area contributed by atoms with Gasteiger partial charge < -0.3 is 10.4 Å². The molecule has 0 bridgehead atoms. The normalized spacial score (nSPS) is 18.7. The van der Waals surface area contributed by atoms with E-state index in [0.29, 0.717) is 12.0 Å². The third-order valence-corrected chi connectivity index (χ3v) is 5.51. The lowest BCUT2D eigenvalue weighted by molar-refractivity contribution is 0.0875. The molecule has 3 aromatic rings. The Morgan fingerprint density at radius 2 is 1.79 bits per heavy atom. The maximum atomic E-state index is 12.9. The molecule has 4 rings (SSSR count). The molecular weight excluding hydrogens is 348 g/mol. The number of benzene rings is 3. The van der Waals surface area contributed by atoms with Gasteiger partial charge in [0, 0.05) is 5.56 Å². The lowest BCUT2D eigenvalue weighted by Crippen LogP contribution is -2.39. The molecule has 3 aromatic carbocycles. The molecule has 1 saturated carbocycles. The van der Waals surface area contributed by atoms with Gasteiger partial charge >= 0.3 is 0 Å². The predicted molar refractivity (Wildman–Crippen MR) is 110 cm³/mol. The molecule has 140 valence electrons. The molecule has 2 N–H and O–H groups in total. The van der Waals surface area contributed by atoms with E-state index in [2.05, 4.69) is 11.4 Å². The van der Waals surface area contributed by atoms with Gasteiger partial charge in [-0.15, -0.1) is 0 Å². The van der Waals surface area contributed by atoms with Crippen molar-refractivity contribution in [1.82, 2.24) is 5.32 Å². The third-order valence-electron chi connectivity index (χ3n) is 5.51. The lowest BCUT2D eigenvalue weighted by Gasteiger charge is -2.18. The highest BCUT2D eigenvalue weighted by Gasteiger charge is 2.27. The molecule has 0 saturated heterocycles. The van der Waals surface area contributed by atoms with Gasteiger partial charge in [-0.05, 0) is 52.8 Å². The zero-order valence-electron chi connectivity index (χ0n) is 15.6. The Labute approximate surface area is 164 Å². The number of nitrogens with one attached hydrogen (secondary N) is 1. The summed E-state index contributed by atoms with van der Waals surface area (Å²) < 4.78 is 0. The largest absolute Gasteiger partial charge is 0.391 e. The maximum absolute atomic E-state index is 12.9. The van der Waals surface area contributed by atoms with Crippen molar-refractivity contribution in [1.29, 1.82) is 5.26 Å². The summed E-state index contributed by atoms with van der Waals surface area (Å²) in [4.78, 5) is 12.9. The summed E-state index contributed by atoms with van der Waals surface area (Å²) >= 11 is 0. The van der Waals surface area contributed by atoms with E-state index in [1.54, 1.807) is 0 Å². The molecule has 0 unspecified atom stereocenters. The fourth-order valence-corrected chi connectivity index (χ4v) is 4.00. The van der Waals surface area contributed by atoms with E-state index < -0.39 is 6.10 Å². The van der Waals surface area contributed by atoms with Crippen LogP contribution in [0.4, 0.5) is 0 Å². The Morgan fingerprint density at radius 3 is 2.46 bits per heavy atom. The first-order valence-corrected chi connectivity index (χ1v) is 9.64. The number of fused-ring (bicyclic) bond motifs is 1. The van der Waals surface area contributed by atoms with E-state index in [0.717, 1.165) is 46.7 Å². The fourth-order valence-electron chi connectivity index (χ4n) is 4.00. The smallest absolute Gasteiger partial charge is 0.252 e. The van der Waals surface area contributed by atoms with Crippen LogP contribution in [-0.4, -0.2) is 23.2 Å². The van der Waals surface area contributed by atoms with E-state index in [-0.39, 0.29) is 11.9 Å². The number of aliphatic hydroxyl groups excluding tert-OH is 1. The van der Waals surface area contributed by atoms with Crippen molar-refractivity contribution in [3.05, 3.63) is 71.8 Å². The number of amides is 1. The van der Waals surface area contributed by atoms with E-state index in [1.807, 2.05) is 60.7 Å². The molecule has 1 aliphatic rings. The second-order valence-electron chi connectivity index (χ2n) is 7.32. The monoisotopic (exact) mass is 370 g/mol. The first-order valence-electron chi connectivity index (χ1n) is 9.64. The molecule has 1 fully saturated rings. The minimum absolute atomic E-state index is 0.141. The van der Waals surface area contributed by atoms with Crippen LogP contribution in [0.3, 0.4) is 0 Å². The highest BCUT2D eigenvalue weighted by atomic mass is 16.3. The van der Waals surface area contributed by atoms with Crippen LogP contribution < -0.4 is 5.32 Å². The quantitative estimate of drug-likeness (QED) is 0.722. The summed E-state index contributed by atoms with van der Waals surface area (Å²) in [5.74, 6) is -0.141. The van der Waals surface area contributed by atoms with Gasteiger partial charge in [0.1, 0.15) is 0 Å². The molecule has 0 heterocycles. The van der Waals surface area contributed by atoms with Crippen LogP contribution in [0.2, 0.25) is 0 Å². The van der Waals surface area contributed by atoms with Gasteiger partial charge in [-0.1, -0.05) is 54.6 Å². The van der Waals surface area contributed by atoms with Crippen molar-refractivity contribution in [2.75, 3.05) is 0 Å². The van der Waals surface area contributed by atoms with Gasteiger partial charge in [-0.2, -0.15) is 5.26 Å². The molecule has 0 radical (unpaired) electrons. The molecule has 1 amide bonds. The van der Waals surface area contributed by atoms with Gasteiger partial charge in [-0.25, -0.2) is 0 Å². The molecule has 0 spiro atoms. The van der Waals surface area contributed by atoms with Crippen molar-refractivity contribution in [3.8, 4) is 17.2 Å². The molecule has 4 heteroatoms. The van der Waals surface area contributed by atoms with Gasteiger partial charge in [0.2, 0.25) is 0 Å². The van der Waals surface area contributed by atoms with Crippen molar-refractivity contribution in [3.63, 3.8) is 0 Å². The summed E-state index contributed by atoms with van der Waals surface area (Å²) in [6.45, 7) is 0. The number of hydrogen-bond acceptors (Lipinski definition) is 3. The van der Waals surface area contributed by atoms with Crippen LogP contribution in [0, 0.1) is 11.3 Å². The lowest BCUT2D eigenvalue weighted by atomic mass is 9.94. The molecular formula is C24H22N2O2. The fraction of sp³-hybridized carbons (Fsp3) is 0.250. The Balaban J connectivity index is 1.70. The summed E-state index contributed by atoms with van der Waals surface area (Å²) in [5.41, 5.74) is 3.72. The van der Waals surface area contributed by atoms with Crippen LogP contribution in [0.5, 0.6) is 0 Å². The number of nitrogens with zero attached hydrogens (tertiary/aromatic N) is 1. The number of nitriles is 1. The SMILES string of the molecule is N#CCc1ccc(-c2ccc(C(=O)N[C@H]3CCC[C@@H]3O)c3ccccc23)cc1. The number of rotatable bonds is 4. The molecule has 1 aliphatic carbocycles. The zero-order valence-corrected chi connectivity index (χ0v) is 15.6. The van der Waals surface area contributed by atoms with Crippen LogP contribution >= 0.6 is 0 Å². The molecule has 4 nitrogen and oxygen atoms in total. The van der Waals surface area contributed by atoms with Crippen LogP contribution in [0.1, 0.15) is 35.2 Å². The predicted octanol–water partition coefficient (Wildman–Crippen LogP) is 4.22. The standard InChI is InChI=1S/C24H22N2O2/c25-15-14-16-8-10-17(11-9-16)18-12-13-21(20-5-2-1-4-19(18)20)24(28)26-22-6-3-7-23(22)27/h1-2,4-5,8-13,22-23,27H,3,6-7,14H2,(H,26,28)/t22-,23-/m0/s1. The van der Waals surface area contributed by atoms with Crippen LogP contribution in [0.25, 0.3) is 21.9 Å². The summed E-state index contributed by atoms with van der Waals surface area (Å²) in [5, 5.41) is 23.8. The highest BCUT2D eigenvalue weighted by Crippen LogP contribution is 2.31. The molecule has 0 aliphatic heterocycles. The zero-order chi connectivity index (χ0) is 19.5. The Hall–Kier alpha value is -3.16. The van der Waals surface area contributed by atoms with Crippen LogP contribution in [-0.2, 0) is 6.42 Å². The third kappa shape index (κ3) is 3.49. The topological polar surface area (TPSA) is 73.1 Å². The van der Waals surface area contributed by atoms with Gasteiger partial charge in [0.05, 0.1) is 24.6 Å². The van der Waals surface area contributed by atoms with E-state index >= 15 is 0 Å². The molecule has 28 heavy (non-hydrogen) atoms. The second kappa shape index (κ2) is 7.84. The van der Waals surface area contributed by atoms with Crippen LogP contribution in [0.15, 0.2) is 60.7 Å². The van der Waals surface area contributed by atoms with Gasteiger partial charge in [-0.3, -0.25) is 4.79 Å². The Kier molecular flexibility index (Phi) is 5.10. The first kappa shape index (κ1) is 18.2. The van der Waals surface area contributed by atoms with Crippen molar-refractivity contribution >= 4 is 16.7 Å². The van der Waals surface area contributed by atoms with Crippen molar-refractivity contribution in [2.45, 2.75) is 37.8 Å². The summed E-state index contributed by atoms with van der Waals surface area (Å²) in [6, 6.07) is 21.7. The summed E-state index contributed by atoms with van der Waals surface area (Å²) in [6.07, 6.45) is 2.44. The first-order chi connectivity index (χ1) is 13.7. The number of carbonyl (C=O) groups is 1. The van der Waals surface area contributed by atoms with Gasteiger partial charge in [0.15, 0.2) is 0 Å². The second-order valence-corrected chi connectivity index (χ2v) is 7.32. The van der Waals surface area contributed by atoms with E-state index in [4.69, 9.17) is 5.26 Å². The minimum Gasteiger partial charge on any atom is -0.391 e. The minimum atomic E-state index is -0.457. The van der Waals surface area contributed by atoms with E-state index in [9.17, 15) is 9.90 Å². The van der Waals surface area contributed by atoms with Crippen molar-refractivity contribution < 1.29 is 9.90 Å². The number of carbonyl (C=O) groups excluding carboxylic acids is 1. The maximum Gasteiger partial charge on any atom is 0.252 e. The van der Waals surface area contributed by atoms with Crippen molar-refractivity contribution in [2.24, 2.45) is 0 Å². The summed E-state index contributed by atoms with van der Waals surface area (Å²) in [7, 11) is 0. The Morgan fingerprint density at radius 1 is 1.04 bits per heavy atom. The number of aliphatic hydroxyl groups is 1. The number of hydrogen-bond donors (Lipinski definition) is 2. The highest BCUT2D eigenvalue weighted by molar-refractivity contribution is 6.11. The average Bonchev–Trinajstić information content (AvgIpc) is 3.12. The van der Waals surface area contributed by atoms with E-state index in [1.165, 1.54) is 0 Å². The molecule has 0 aromatic heterocycles. The Bertz CT molecular complexity index is 1050. The molecule has 2 atom stereocenters. The van der Waals surface area contributed by atoms with Gasteiger partial charge in [0.25, 0.3) is 5.91 Å².